The fraction of sp³-hybridized carbons (Fsp3) is 0.238. The van der Waals surface area contributed by atoms with Crippen molar-refractivity contribution in [1.29, 1.82) is 0 Å². The van der Waals surface area contributed by atoms with E-state index in [9.17, 15) is 14.9 Å². The molecule has 0 bridgehead atoms. The molecule has 0 spiro atoms. The summed E-state index contributed by atoms with van der Waals surface area (Å²) in [6.45, 7) is 3.61. The number of nitrogens with one attached hydrogen (secondary N) is 2. The van der Waals surface area contributed by atoms with Crippen LogP contribution in [0.4, 0.5) is 23.0 Å². The first-order valence-corrected chi connectivity index (χ1v) is 9.89. The molecule has 158 valence electrons. The van der Waals surface area contributed by atoms with Crippen molar-refractivity contribution in [1.82, 2.24) is 20.3 Å². The standard InChI is InChI=1S/C21H21N7O3/c1-2-15-11-18(26-21(25-15)14-3-6-17(7-4-14)28(30)31)24-16-5-8-19(23-12-16)27-10-9-22-20(29)13-27/h3-8,11-12H,2,9-10,13H2,1H3,(H,22,29)(H,24,25,26). The average Bonchev–Trinajstić information content (AvgIpc) is 2.79. The van der Waals surface area contributed by atoms with Crippen molar-refractivity contribution in [2.75, 3.05) is 29.9 Å². The second kappa shape index (κ2) is 8.74. The highest BCUT2D eigenvalue weighted by Crippen LogP contribution is 2.24. The van der Waals surface area contributed by atoms with Crippen LogP contribution in [0.2, 0.25) is 0 Å². The van der Waals surface area contributed by atoms with Gasteiger partial charge in [0.2, 0.25) is 5.91 Å². The first-order chi connectivity index (χ1) is 15.0. The second-order valence-electron chi connectivity index (χ2n) is 7.03. The van der Waals surface area contributed by atoms with E-state index in [0.29, 0.717) is 36.7 Å². The Hall–Kier alpha value is -4.08. The van der Waals surface area contributed by atoms with Crippen molar-refractivity contribution in [2.45, 2.75) is 13.3 Å². The zero-order valence-corrected chi connectivity index (χ0v) is 16.9. The Bertz CT molecular complexity index is 1100. The monoisotopic (exact) mass is 419 g/mol. The van der Waals surface area contributed by atoms with E-state index in [4.69, 9.17) is 0 Å². The third kappa shape index (κ3) is 4.74. The lowest BCUT2D eigenvalue weighted by Gasteiger charge is -2.27. The molecule has 2 N–H and O–H groups in total. The summed E-state index contributed by atoms with van der Waals surface area (Å²) in [6, 6.07) is 11.8. The first kappa shape index (κ1) is 20.2. The lowest BCUT2D eigenvalue weighted by atomic mass is 10.2. The van der Waals surface area contributed by atoms with E-state index in [-0.39, 0.29) is 11.6 Å². The second-order valence-corrected chi connectivity index (χ2v) is 7.03. The number of nitro groups is 1. The van der Waals surface area contributed by atoms with Crippen molar-refractivity contribution in [3.05, 3.63) is 64.5 Å². The molecule has 1 amide bonds. The van der Waals surface area contributed by atoms with Gasteiger partial charge >= 0.3 is 0 Å². The van der Waals surface area contributed by atoms with Gasteiger partial charge in [0.1, 0.15) is 11.6 Å². The van der Waals surface area contributed by atoms with Crippen molar-refractivity contribution in [3.8, 4) is 11.4 Å². The van der Waals surface area contributed by atoms with Crippen LogP contribution in [0.1, 0.15) is 12.6 Å². The van der Waals surface area contributed by atoms with E-state index in [1.807, 2.05) is 30.0 Å². The molecule has 0 saturated carbocycles. The fourth-order valence-corrected chi connectivity index (χ4v) is 3.23. The highest BCUT2D eigenvalue weighted by molar-refractivity contribution is 5.82. The van der Waals surface area contributed by atoms with Crippen LogP contribution in [0.3, 0.4) is 0 Å². The van der Waals surface area contributed by atoms with Crippen LogP contribution in [0, 0.1) is 10.1 Å². The summed E-state index contributed by atoms with van der Waals surface area (Å²) in [5.74, 6) is 1.82. The van der Waals surface area contributed by atoms with Crippen molar-refractivity contribution < 1.29 is 9.72 Å². The van der Waals surface area contributed by atoms with Crippen LogP contribution in [0.5, 0.6) is 0 Å². The van der Waals surface area contributed by atoms with Gasteiger partial charge < -0.3 is 15.5 Å². The Labute approximate surface area is 178 Å². The maximum Gasteiger partial charge on any atom is 0.269 e. The van der Waals surface area contributed by atoms with Gasteiger partial charge in [-0.1, -0.05) is 6.92 Å². The minimum Gasteiger partial charge on any atom is -0.353 e. The van der Waals surface area contributed by atoms with E-state index in [1.165, 1.54) is 12.1 Å². The Morgan fingerprint density at radius 2 is 2.00 bits per heavy atom. The molecule has 0 atom stereocenters. The molecule has 0 unspecified atom stereocenters. The van der Waals surface area contributed by atoms with Gasteiger partial charge in [-0.25, -0.2) is 15.0 Å². The fourth-order valence-electron chi connectivity index (χ4n) is 3.23. The molecule has 1 aliphatic rings. The summed E-state index contributed by atoms with van der Waals surface area (Å²) in [7, 11) is 0. The molecule has 1 aliphatic heterocycles. The van der Waals surface area contributed by atoms with Gasteiger partial charge in [0, 0.05) is 42.5 Å². The molecular weight excluding hydrogens is 398 g/mol. The van der Waals surface area contributed by atoms with Crippen LogP contribution in [-0.4, -0.2) is 45.4 Å². The third-order valence-corrected chi connectivity index (χ3v) is 4.86. The van der Waals surface area contributed by atoms with Gasteiger partial charge in [0.05, 0.1) is 23.4 Å². The molecular formula is C21H21N7O3. The molecule has 1 aromatic carbocycles. The zero-order valence-electron chi connectivity index (χ0n) is 16.9. The molecule has 31 heavy (non-hydrogen) atoms. The first-order valence-electron chi connectivity index (χ1n) is 9.89. The highest BCUT2D eigenvalue weighted by atomic mass is 16.6. The summed E-state index contributed by atoms with van der Waals surface area (Å²) < 4.78 is 0. The lowest BCUT2D eigenvalue weighted by Crippen LogP contribution is -2.48. The number of hydrogen-bond donors (Lipinski definition) is 2. The topological polar surface area (TPSA) is 126 Å². The number of benzene rings is 1. The number of aryl methyl sites for hydroxylation is 1. The summed E-state index contributed by atoms with van der Waals surface area (Å²) >= 11 is 0. The molecule has 10 heteroatoms. The lowest BCUT2D eigenvalue weighted by molar-refractivity contribution is -0.384. The number of rotatable bonds is 6. The van der Waals surface area contributed by atoms with Crippen molar-refractivity contribution >= 4 is 28.9 Å². The largest absolute Gasteiger partial charge is 0.353 e. The summed E-state index contributed by atoms with van der Waals surface area (Å²) in [4.78, 5) is 37.5. The number of nitrogens with zero attached hydrogens (tertiary/aromatic N) is 5. The normalized spacial score (nSPS) is 13.6. The molecule has 1 saturated heterocycles. The van der Waals surface area contributed by atoms with E-state index >= 15 is 0 Å². The average molecular weight is 419 g/mol. The minimum atomic E-state index is -0.437. The zero-order chi connectivity index (χ0) is 21.8. The number of aromatic nitrogens is 3. The maximum absolute atomic E-state index is 11.6. The number of piperazine rings is 1. The van der Waals surface area contributed by atoms with Gasteiger partial charge in [-0.3, -0.25) is 14.9 Å². The van der Waals surface area contributed by atoms with Crippen LogP contribution in [-0.2, 0) is 11.2 Å². The minimum absolute atomic E-state index is 0.0119. The molecule has 2 aromatic heterocycles. The summed E-state index contributed by atoms with van der Waals surface area (Å²) in [5, 5.41) is 16.9. The van der Waals surface area contributed by atoms with Gasteiger partial charge in [0.25, 0.3) is 5.69 Å². The third-order valence-electron chi connectivity index (χ3n) is 4.86. The number of hydrogen-bond acceptors (Lipinski definition) is 8. The maximum atomic E-state index is 11.6. The number of carbonyl (C=O) groups excluding carboxylic acids is 1. The number of amides is 1. The highest BCUT2D eigenvalue weighted by Gasteiger charge is 2.17. The molecule has 4 rings (SSSR count). The summed E-state index contributed by atoms with van der Waals surface area (Å²) in [6.07, 6.45) is 2.41. The Morgan fingerprint density at radius 1 is 1.19 bits per heavy atom. The van der Waals surface area contributed by atoms with E-state index < -0.39 is 4.92 Å². The Balaban J connectivity index is 1.54. The number of pyridine rings is 1. The van der Waals surface area contributed by atoms with Gasteiger partial charge in [-0.2, -0.15) is 0 Å². The molecule has 3 aromatic rings. The van der Waals surface area contributed by atoms with Crippen molar-refractivity contribution in [3.63, 3.8) is 0 Å². The van der Waals surface area contributed by atoms with Crippen LogP contribution < -0.4 is 15.5 Å². The Kier molecular flexibility index (Phi) is 5.69. The van der Waals surface area contributed by atoms with Crippen LogP contribution >= 0.6 is 0 Å². The number of carbonyl (C=O) groups is 1. The van der Waals surface area contributed by atoms with Gasteiger partial charge in [-0.15, -0.1) is 0 Å². The molecule has 0 radical (unpaired) electrons. The Morgan fingerprint density at radius 3 is 2.65 bits per heavy atom. The number of anilines is 3. The van der Waals surface area contributed by atoms with E-state index in [0.717, 1.165) is 23.7 Å². The predicted octanol–water partition coefficient (Wildman–Crippen LogP) is 2.69. The SMILES string of the molecule is CCc1cc(Nc2ccc(N3CCNC(=O)C3)nc2)nc(-c2ccc([N+](=O)[O-])cc2)n1. The molecule has 0 aliphatic carbocycles. The van der Waals surface area contributed by atoms with E-state index in [1.54, 1.807) is 18.3 Å². The van der Waals surface area contributed by atoms with Crippen molar-refractivity contribution in [2.24, 2.45) is 0 Å². The quantitative estimate of drug-likeness (QED) is 0.461. The molecule has 1 fully saturated rings. The van der Waals surface area contributed by atoms with Gasteiger partial charge in [-0.05, 0) is 30.7 Å². The van der Waals surface area contributed by atoms with Gasteiger partial charge in [0.15, 0.2) is 5.82 Å². The van der Waals surface area contributed by atoms with E-state index in [2.05, 4.69) is 25.6 Å². The number of non-ortho nitro benzene ring substituents is 1. The van der Waals surface area contributed by atoms with Crippen LogP contribution in [0.25, 0.3) is 11.4 Å². The van der Waals surface area contributed by atoms with Crippen LogP contribution in [0.15, 0.2) is 48.7 Å². The number of nitro benzene ring substituents is 1. The molecule has 3 heterocycles. The molecule has 10 nitrogen and oxygen atoms in total. The smallest absolute Gasteiger partial charge is 0.269 e. The summed E-state index contributed by atoms with van der Waals surface area (Å²) in [5.41, 5.74) is 2.31. The predicted molar refractivity (Wildman–Crippen MR) is 116 cm³/mol.